The van der Waals surface area contributed by atoms with Crippen molar-refractivity contribution >= 4 is 11.8 Å². The fourth-order valence-electron chi connectivity index (χ4n) is 4.60. The van der Waals surface area contributed by atoms with E-state index in [1.54, 1.807) is 6.92 Å². The Labute approximate surface area is 167 Å². The summed E-state index contributed by atoms with van der Waals surface area (Å²) in [6, 6.07) is 8.70. The van der Waals surface area contributed by atoms with Gasteiger partial charge in [-0.05, 0) is 31.7 Å². The monoisotopic (exact) mass is 388 g/mol. The van der Waals surface area contributed by atoms with Gasteiger partial charge in [0.15, 0.2) is 0 Å². The summed E-state index contributed by atoms with van der Waals surface area (Å²) < 4.78 is 4.95. The van der Waals surface area contributed by atoms with Crippen molar-refractivity contribution in [3.63, 3.8) is 0 Å². The summed E-state index contributed by atoms with van der Waals surface area (Å²) >= 11 is 0. The van der Waals surface area contributed by atoms with Gasteiger partial charge in [-0.1, -0.05) is 49.6 Å². The fraction of sp³-hybridized carbons (Fsp3) is 0.636. The van der Waals surface area contributed by atoms with Crippen molar-refractivity contribution in [2.24, 2.45) is 5.92 Å². The van der Waals surface area contributed by atoms with E-state index in [0.29, 0.717) is 13.0 Å². The highest BCUT2D eigenvalue weighted by molar-refractivity contribution is 5.81. The quantitative estimate of drug-likeness (QED) is 0.812. The minimum Gasteiger partial charge on any atom is -0.388 e. The molecule has 2 N–H and O–H groups in total. The number of rotatable bonds is 5. The standard InChI is InChI=1S/C22H32N2O4/c1-22(27)13-14-24(21(26)17-11-7-4-8-12-17)19(16-9-5-3-6-10-16)20(22)23-18(25)15-28-2/h3,5-6,9-10,17,19-20,27H,4,7-8,11-15H2,1-2H3,(H,23,25). The van der Waals surface area contributed by atoms with E-state index >= 15 is 0 Å². The molecule has 154 valence electrons. The van der Waals surface area contributed by atoms with Crippen molar-refractivity contribution in [3.05, 3.63) is 35.9 Å². The summed E-state index contributed by atoms with van der Waals surface area (Å²) in [7, 11) is 1.46. The van der Waals surface area contributed by atoms with Crippen LogP contribution in [-0.4, -0.2) is 53.7 Å². The average Bonchev–Trinajstić information content (AvgIpc) is 2.70. The Bertz CT molecular complexity index is 670. The first kappa shape index (κ1) is 20.8. The number of methoxy groups -OCH3 is 1. The molecule has 2 amide bonds. The zero-order valence-corrected chi connectivity index (χ0v) is 16.9. The molecule has 2 aliphatic rings. The molecule has 0 aromatic heterocycles. The Morgan fingerprint density at radius 3 is 2.54 bits per heavy atom. The summed E-state index contributed by atoms with van der Waals surface area (Å²) in [5, 5.41) is 14.0. The number of piperidine rings is 1. The van der Waals surface area contributed by atoms with Crippen LogP contribution in [-0.2, 0) is 14.3 Å². The molecule has 1 aromatic carbocycles. The molecule has 1 saturated heterocycles. The summed E-state index contributed by atoms with van der Waals surface area (Å²) in [5.74, 6) is -0.103. The van der Waals surface area contributed by atoms with Gasteiger partial charge >= 0.3 is 0 Å². The van der Waals surface area contributed by atoms with E-state index < -0.39 is 17.7 Å². The predicted molar refractivity (Wildman–Crippen MR) is 107 cm³/mol. The van der Waals surface area contributed by atoms with Gasteiger partial charge in [-0.3, -0.25) is 9.59 Å². The maximum absolute atomic E-state index is 13.4. The van der Waals surface area contributed by atoms with Crippen LogP contribution in [0.2, 0.25) is 0 Å². The van der Waals surface area contributed by atoms with Crippen molar-refractivity contribution in [1.82, 2.24) is 10.2 Å². The number of likely N-dealkylation sites (tertiary alicyclic amines) is 1. The molecule has 3 unspecified atom stereocenters. The lowest BCUT2D eigenvalue weighted by molar-refractivity contribution is -0.151. The molecule has 0 radical (unpaired) electrons. The molecule has 28 heavy (non-hydrogen) atoms. The number of carbonyl (C=O) groups is 2. The number of hydrogen-bond acceptors (Lipinski definition) is 4. The molecule has 0 bridgehead atoms. The number of aliphatic hydroxyl groups is 1. The van der Waals surface area contributed by atoms with Gasteiger partial charge in [-0.25, -0.2) is 0 Å². The highest BCUT2D eigenvalue weighted by Crippen LogP contribution is 2.39. The first-order chi connectivity index (χ1) is 13.4. The van der Waals surface area contributed by atoms with E-state index in [0.717, 1.165) is 31.2 Å². The van der Waals surface area contributed by atoms with Gasteiger partial charge < -0.3 is 20.1 Å². The SMILES string of the molecule is COCC(=O)NC1C(c2ccccc2)N(C(=O)C2CCCCC2)CCC1(C)O. The third-order valence-corrected chi connectivity index (χ3v) is 6.15. The summed E-state index contributed by atoms with van der Waals surface area (Å²) in [5.41, 5.74) is -0.192. The van der Waals surface area contributed by atoms with Crippen LogP contribution in [0.3, 0.4) is 0 Å². The Hall–Kier alpha value is -1.92. The highest BCUT2D eigenvalue weighted by Gasteiger charge is 2.48. The van der Waals surface area contributed by atoms with Gasteiger partial charge in [-0.15, -0.1) is 0 Å². The molecular formula is C22H32N2O4. The molecule has 1 saturated carbocycles. The van der Waals surface area contributed by atoms with Crippen LogP contribution in [0.15, 0.2) is 30.3 Å². The molecule has 3 rings (SSSR count). The summed E-state index contributed by atoms with van der Waals surface area (Å²) in [4.78, 5) is 27.6. The maximum atomic E-state index is 13.4. The molecule has 3 atom stereocenters. The van der Waals surface area contributed by atoms with Crippen molar-refractivity contribution in [2.45, 2.75) is 63.1 Å². The van der Waals surface area contributed by atoms with Crippen molar-refractivity contribution < 1.29 is 19.4 Å². The number of amides is 2. The molecule has 0 spiro atoms. The highest BCUT2D eigenvalue weighted by atomic mass is 16.5. The van der Waals surface area contributed by atoms with Crippen LogP contribution in [0.4, 0.5) is 0 Å². The summed E-state index contributed by atoms with van der Waals surface area (Å²) in [6.45, 7) is 2.15. The second-order valence-electron chi connectivity index (χ2n) is 8.31. The molecule has 6 heteroatoms. The smallest absolute Gasteiger partial charge is 0.246 e. The van der Waals surface area contributed by atoms with Crippen LogP contribution in [0, 0.1) is 5.92 Å². The predicted octanol–water partition coefficient (Wildman–Crippen LogP) is 2.42. The number of nitrogens with one attached hydrogen (secondary N) is 1. The minimum atomic E-state index is -1.12. The van der Waals surface area contributed by atoms with Crippen molar-refractivity contribution in [1.29, 1.82) is 0 Å². The molecule has 1 aliphatic heterocycles. The van der Waals surface area contributed by atoms with E-state index in [2.05, 4.69) is 5.32 Å². The van der Waals surface area contributed by atoms with Gasteiger partial charge in [0.2, 0.25) is 11.8 Å². The first-order valence-electron chi connectivity index (χ1n) is 10.3. The number of ether oxygens (including phenoxy) is 1. The molecule has 1 heterocycles. The van der Waals surface area contributed by atoms with E-state index in [4.69, 9.17) is 4.74 Å². The molecule has 6 nitrogen and oxygen atoms in total. The lowest BCUT2D eigenvalue weighted by atomic mass is 9.78. The topological polar surface area (TPSA) is 78.9 Å². The number of carbonyl (C=O) groups excluding carboxylic acids is 2. The van der Waals surface area contributed by atoms with Crippen LogP contribution in [0.25, 0.3) is 0 Å². The van der Waals surface area contributed by atoms with E-state index in [-0.39, 0.29) is 24.3 Å². The molecule has 2 fully saturated rings. The molecular weight excluding hydrogens is 356 g/mol. The third kappa shape index (κ3) is 4.55. The van der Waals surface area contributed by atoms with Gasteiger partial charge in [0.05, 0.1) is 17.7 Å². The average molecular weight is 389 g/mol. The number of benzene rings is 1. The Morgan fingerprint density at radius 1 is 1.21 bits per heavy atom. The second kappa shape index (κ2) is 9.05. The Kier molecular flexibility index (Phi) is 6.73. The largest absolute Gasteiger partial charge is 0.388 e. The normalized spacial score (nSPS) is 28.8. The Balaban J connectivity index is 1.94. The van der Waals surface area contributed by atoms with Crippen LogP contribution in [0.5, 0.6) is 0 Å². The number of hydrogen-bond donors (Lipinski definition) is 2. The zero-order chi connectivity index (χ0) is 20.1. The lowest BCUT2D eigenvalue weighted by Crippen LogP contribution is -2.64. The van der Waals surface area contributed by atoms with Crippen LogP contribution >= 0.6 is 0 Å². The van der Waals surface area contributed by atoms with E-state index in [9.17, 15) is 14.7 Å². The fourth-order valence-corrected chi connectivity index (χ4v) is 4.60. The van der Waals surface area contributed by atoms with E-state index in [1.165, 1.54) is 13.5 Å². The molecule has 1 aliphatic carbocycles. The van der Waals surface area contributed by atoms with Gasteiger partial charge in [0.1, 0.15) is 6.61 Å². The van der Waals surface area contributed by atoms with Gasteiger partial charge in [-0.2, -0.15) is 0 Å². The van der Waals surface area contributed by atoms with Crippen molar-refractivity contribution in [3.8, 4) is 0 Å². The Morgan fingerprint density at radius 2 is 1.89 bits per heavy atom. The summed E-state index contributed by atoms with van der Waals surface area (Å²) in [6.07, 6.45) is 5.64. The lowest BCUT2D eigenvalue weighted by Gasteiger charge is -2.50. The van der Waals surface area contributed by atoms with Gasteiger partial charge in [0, 0.05) is 19.6 Å². The molecule has 1 aromatic rings. The third-order valence-electron chi connectivity index (χ3n) is 6.15. The van der Waals surface area contributed by atoms with Crippen LogP contribution in [0.1, 0.15) is 57.1 Å². The second-order valence-corrected chi connectivity index (χ2v) is 8.31. The zero-order valence-electron chi connectivity index (χ0n) is 16.9. The maximum Gasteiger partial charge on any atom is 0.246 e. The minimum absolute atomic E-state index is 0.0401. The van der Waals surface area contributed by atoms with Crippen LogP contribution < -0.4 is 5.32 Å². The first-order valence-corrected chi connectivity index (χ1v) is 10.3. The van der Waals surface area contributed by atoms with E-state index in [1.807, 2.05) is 35.2 Å². The number of nitrogens with zero attached hydrogens (tertiary/aromatic N) is 1. The van der Waals surface area contributed by atoms with Crippen molar-refractivity contribution in [2.75, 3.05) is 20.3 Å². The van der Waals surface area contributed by atoms with Gasteiger partial charge in [0.25, 0.3) is 0 Å².